The highest BCUT2D eigenvalue weighted by Gasteiger charge is 2.33. The zero-order valence-corrected chi connectivity index (χ0v) is 18.1. The van der Waals surface area contributed by atoms with Crippen molar-refractivity contribution in [1.29, 1.82) is 0 Å². The van der Waals surface area contributed by atoms with Gasteiger partial charge in [0.1, 0.15) is 17.2 Å². The molecular weight excluding hydrogens is 372 g/mol. The van der Waals surface area contributed by atoms with E-state index in [4.69, 9.17) is 4.74 Å². The molecule has 1 fully saturated rings. The molecule has 6 heteroatoms. The van der Waals surface area contributed by atoms with Crippen LogP contribution in [0.4, 0.5) is 0 Å². The minimum atomic E-state index is -3.58. The molecule has 0 aromatic heterocycles. The first-order valence-corrected chi connectivity index (χ1v) is 11.3. The third-order valence-electron chi connectivity index (χ3n) is 5.52. The van der Waals surface area contributed by atoms with E-state index in [0.717, 1.165) is 30.8 Å². The van der Waals surface area contributed by atoms with E-state index in [2.05, 4.69) is 26.0 Å². The van der Waals surface area contributed by atoms with Gasteiger partial charge in [0.15, 0.2) is 0 Å². The number of sulfonamides is 1. The third-order valence-corrected chi connectivity index (χ3v) is 7.44. The summed E-state index contributed by atoms with van der Waals surface area (Å²) in [5.74, 6) is 0.688. The van der Waals surface area contributed by atoms with Gasteiger partial charge in [0.25, 0.3) is 0 Å². The lowest BCUT2D eigenvalue weighted by molar-refractivity contribution is -0.917. The number of rotatable bonds is 6. The summed E-state index contributed by atoms with van der Waals surface area (Å²) >= 11 is 0. The predicted octanol–water partition coefficient (Wildman–Crippen LogP) is 2.22. The number of piperazine rings is 1. The van der Waals surface area contributed by atoms with Crippen LogP contribution in [0.5, 0.6) is 5.75 Å². The molecule has 1 saturated heterocycles. The maximum absolute atomic E-state index is 13.4. The zero-order valence-electron chi connectivity index (χ0n) is 17.2. The van der Waals surface area contributed by atoms with Gasteiger partial charge >= 0.3 is 0 Å². The van der Waals surface area contributed by atoms with Crippen LogP contribution in [0.25, 0.3) is 0 Å². The SMILES string of the molecule is COc1cc(C)c(C(C)C)cc1S(=O)(=O)N1CC[NH+](Cc2ccccc2)CC1. The van der Waals surface area contributed by atoms with E-state index in [9.17, 15) is 8.42 Å². The molecule has 2 aromatic carbocycles. The van der Waals surface area contributed by atoms with Crippen molar-refractivity contribution >= 4 is 10.0 Å². The topological polar surface area (TPSA) is 51.1 Å². The second-order valence-electron chi connectivity index (χ2n) is 7.83. The van der Waals surface area contributed by atoms with Crippen molar-refractivity contribution in [3.8, 4) is 5.75 Å². The maximum Gasteiger partial charge on any atom is 0.247 e. The minimum absolute atomic E-state index is 0.257. The van der Waals surface area contributed by atoms with Gasteiger partial charge in [-0.15, -0.1) is 0 Å². The van der Waals surface area contributed by atoms with Crippen molar-refractivity contribution in [1.82, 2.24) is 4.31 Å². The molecule has 0 unspecified atom stereocenters. The predicted molar refractivity (Wildman–Crippen MR) is 111 cm³/mol. The molecule has 0 saturated carbocycles. The molecule has 2 aromatic rings. The maximum atomic E-state index is 13.4. The molecule has 0 atom stereocenters. The van der Waals surface area contributed by atoms with Crippen LogP contribution < -0.4 is 9.64 Å². The van der Waals surface area contributed by atoms with Crippen molar-refractivity contribution < 1.29 is 18.1 Å². The normalized spacial score (nSPS) is 16.5. The van der Waals surface area contributed by atoms with E-state index in [0.29, 0.717) is 18.8 Å². The standard InChI is InChI=1S/C22H30N2O3S/c1-17(2)20-15-22(21(27-4)14-18(20)3)28(25,26)24-12-10-23(11-13-24)16-19-8-6-5-7-9-19/h5-9,14-15,17H,10-13,16H2,1-4H3/p+1. The molecule has 5 nitrogen and oxygen atoms in total. The lowest BCUT2D eigenvalue weighted by Gasteiger charge is -2.32. The van der Waals surface area contributed by atoms with Gasteiger partial charge in [0, 0.05) is 5.56 Å². The van der Waals surface area contributed by atoms with Gasteiger partial charge in [-0.25, -0.2) is 8.42 Å². The lowest BCUT2D eigenvalue weighted by atomic mass is 9.98. The average Bonchev–Trinajstić information content (AvgIpc) is 2.68. The van der Waals surface area contributed by atoms with Crippen molar-refractivity contribution in [3.63, 3.8) is 0 Å². The van der Waals surface area contributed by atoms with Gasteiger partial charge in [-0.3, -0.25) is 0 Å². The van der Waals surface area contributed by atoms with Crippen LogP contribution in [-0.4, -0.2) is 46.0 Å². The van der Waals surface area contributed by atoms with Crippen LogP contribution in [0.1, 0.15) is 36.5 Å². The van der Waals surface area contributed by atoms with Gasteiger partial charge < -0.3 is 9.64 Å². The Hall–Kier alpha value is -1.89. The average molecular weight is 404 g/mol. The highest BCUT2D eigenvalue weighted by molar-refractivity contribution is 7.89. The summed E-state index contributed by atoms with van der Waals surface area (Å²) in [6, 6.07) is 14.0. The Balaban J connectivity index is 1.78. The summed E-state index contributed by atoms with van der Waals surface area (Å²) in [6.07, 6.45) is 0. The number of ether oxygens (including phenoxy) is 1. The molecule has 0 aliphatic carbocycles. The van der Waals surface area contributed by atoms with Crippen LogP contribution in [0.15, 0.2) is 47.4 Å². The van der Waals surface area contributed by atoms with Gasteiger partial charge in [0.05, 0.1) is 33.3 Å². The Bertz CT molecular complexity index is 903. The van der Waals surface area contributed by atoms with Crippen molar-refractivity contribution in [2.24, 2.45) is 0 Å². The highest BCUT2D eigenvalue weighted by Crippen LogP contribution is 2.32. The number of benzene rings is 2. The summed E-state index contributed by atoms with van der Waals surface area (Å²) in [4.78, 5) is 1.70. The monoisotopic (exact) mass is 403 g/mol. The van der Waals surface area contributed by atoms with Gasteiger partial charge in [-0.1, -0.05) is 44.2 Å². The molecule has 152 valence electrons. The number of aryl methyl sites for hydroxylation is 1. The molecular formula is C22H31N2O3S+. The fraction of sp³-hybridized carbons (Fsp3) is 0.455. The fourth-order valence-corrected chi connectivity index (χ4v) is 5.52. The first kappa shape index (κ1) is 20.8. The molecule has 28 heavy (non-hydrogen) atoms. The minimum Gasteiger partial charge on any atom is -0.495 e. The van der Waals surface area contributed by atoms with Gasteiger partial charge in [-0.05, 0) is 36.1 Å². The van der Waals surface area contributed by atoms with Crippen LogP contribution in [-0.2, 0) is 16.6 Å². The van der Waals surface area contributed by atoms with E-state index < -0.39 is 10.0 Å². The Kier molecular flexibility index (Phi) is 6.43. The Morgan fingerprint density at radius 3 is 2.32 bits per heavy atom. The summed E-state index contributed by atoms with van der Waals surface area (Å²) < 4.78 is 33.7. The van der Waals surface area contributed by atoms with Gasteiger partial charge in [0.2, 0.25) is 10.0 Å². The van der Waals surface area contributed by atoms with Crippen molar-refractivity contribution in [2.75, 3.05) is 33.3 Å². The Morgan fingerprint density at radius 1 is 1.11 bits per heavy atom. The summed E-state index contributed by atoms with van der Waals surface area (Å²) in [7, 11) is -2.05. The molecule has 1 N–H and O–H groups in total. The van der Waals surface area contributed by atoms with Crippen LogP contribution in [0.3, 0.4) is 0 Å². The van der Waals surface area contributed by atoms with Crippen LogP contribution >= 0.6 is 0 Å². The van der Waals surface area contributed by atoms with E-state index in [1.807, 2.05) is 31.2 Å². The Morgan fingerprint density at radius 2 is 1.75 bits per heavy atom. The molecule has 1 aliphatic heterocycles. The molecule has 0 radical (unpaired) electrons. The molecule has 1 aliphatic rings. The quantitative estimate of drug-likeness (QED) is 0.805. The zero-order chi connectivity index (χ0) is 20.3. The number of quaternary nitrogens is 1. The first-order valence-electron chi connectivity index (χ1n) is 9.89. The van der Waals surface area contributed by atoms with Gasteiger partial charge in [-0.2, -0.15) is 4.31 Å². The van der Waals surface area contributed by atoms with E-state index in [1.165, 1.54) is 17.6 Å². The lowest BCUT2D eigenvalue weighted by Crippen LogP contribution is -3.13. The van der Waals surface area contributed by atoms with Crippen molar-refractivity contribution in [2.45, 2.75) is 38.1 Å². The van der Waals surface area contributed by atoms with Crippen LogP contribution in [0, 0.1) is 6.92 Å². The third kappa shape index (κ3) is 4.40. The van der Waals surface area contributed by atoms with Crippen LogP contribution in [0.2, 0.25) is 0 Å². The largest absolute Gasteiger partial charge is 0.495 e. The van der Waals surface area contributed by atoms with E-state index in [1.54, 1.807) is 10.4 Å². The number of nitrogens with one attached hydrogen (secondary N) is 1. The summed E-state index contributed by atoms with van der Waals surface area (Å²) in [5.41, 5.74) is 3.39. The fourth-order valence-electron chi connectivity index (χ4n) is 3.90. The van der Waals surface area contributed by atoms with E-state index in [-0.39, 0.29) is 10.8 Å². The molecule has 0 bridgehead atoms. The van der Waals surface area contributed by atoms with Crippen molar-refractivity contribution in [3.05, 3.63) is 59.2 Å². The molecule has 0 spiro atoms. The summed E-state index contributed by atoms with van der Waals surface area (Å²) in [6.45, 7) is 9.75. The number of nitrogens with zero attached hydrogens (tertiary/aromatic N) is 1. The Labute approximate surface area is 169 Å². The molecule has 3 rings (SSSR count). The highest BCUT2D eigenvalue weighted by atomic mass is 32.2. The second-order valence-corrected chi connectivity index (χ2v) is 9.74. The number of hydrogen-bond acceptors (Lipinski definition) is 3. The van der Waals surface area contributed by atoms with E-state index >= 15 is 0 Å². The first-order chi connectivity index (χ1) is 13.3. The smallest absolute Gasteiger partial charge is 0.247 e. The molecule has 1 heterocycles. The molecule has 0 amide bonds. The second kappa shape index (κ2) is 8.64. The summed E-state index contributed by atoms with van der Waals surface area (Å²) in [5, 5.41) is 0. The number of methoxy groups -OCH3 is 1. The number of hydrogen-bond donors (Lipinski definition) is 1.